The van der Waals surface area contributed by atoms with Gasteiger partial charge in [0.15, 0.2) is 0 Å². The summed E-state index contributed by atoms with van der Waals surface area (Å²) in [6.45, 7) is 0.702. The van der Waals surface area contributed by atoms with Crippen molar-refractivity contribution in [3.63, 3.8) is 0 Å². The van der Waals surface area contributed by atoms with E-state index in [2.05, 4.69) is 5.32 Å². The van der Waals surface area contributed by atoms with Crippen LogP contribution in [0.25, 0.3) is 0 Å². The van der Waals surface area contributed by atoms with Crippen molar-refractivity contribution in [3.05, 3.63) is 54.1 Å². The van der Waals surface area contributed by atoms with Crippen molar-refractivity contribution in [3.8, 4) is 11.5 Å². The summed E-state index contributed by atoms with van der Waals surface area (Å²) < 4.78 is 5.70. The average molecular weight is 392 g/mol. The molecule has 0 atom stereocenters. The first-order valence-electron chi connectivity index (χ1n) is 8.76. The Morgan fingerprint density at radius 1 is 0.926 bits per heavy atom. The average Bonchev–Trinajstić information content (AvgIpc) is 2.63. The number of benzene rings is 2. The fourth-order valence-electron chi connectivity index (χ4n) is 2.46. The fraction of sp³-hybridized carbons (Fsp3) is 0.300. The van der Waals surface area contributed by atoms with Crippen LogP contribution in [0.4, 0.5) is 5.69 Å². The Morgan fingerprint density at radius 2 is 1.63 bits per heavy atom. The van der Waals surface area contributed by atoms with Gasteiger partial charge in [-0.25, -0.2) is 0 Å². The molecule has 2 rings (SSSR count). The summed E-state index contributed by atoms with van der Waals surface area (Å²) in [5, 5.41) is 2.87. The normalized spacial score (nSPS) is 9.96. The third-order valence-corrected chi connectivity index (χ3v) is 3.85. The minimum absolute atomic E-state index is 0. The molecule has 0 aliphatic heterocycles. The summed E-state index contributed by atoms with van der Waals surface area (Å²) in [6.07, 6.45) is 4.45. The van der Waals surface area contributed by atoms with Crippen molar-refractivity contribution < 1.29 is 14.3 Å². The molecule has 0 unspecified atom stereocenters. The number of carbonyl (C=O) groups is 2. The second kappa shape index (κ2) is 11.9. The van der Waals surface area contributed by atoms with Crippen LogP contribution >= 0.6 is 12.4 Å². The molecule has 27 heavy (non-hydrogen) atoms. The van der Waals surface area contributed by atoms with E-state index in [9.17, 15) is 9.59 Å². The number of ether oxygens (including phenoxy) is 1. The first-order chi connectivity index (χ1) is 12.6. The van der Waals surface area contributed by atoms with Crippen LogP contribution in [0.15, 0.2) is 48.5 Å². The molecule has 0 radical (unpaired) electrons. The highest BCUT2D eigenvalue weighted by atomic mass is 35.5. The highest BCUT2D eigenvalue weighted by Gasteiger charge is 2.05. The largest absolute Gasteiger partial charge is 0.457 e. The maximum absolute atomic E-state index is 11.9. The molecule has 0 spiro atoms. The molecule has 0 aromatic heterocycles. The van der Waals surface area contributed by atoms with E-state index in [4.69, 9.17) is 16.2 Å². The Bertz CT molecular complexity index is 736. The molecule has 0 aliphatic carbocycles. The molecule has 0 saturated carbocycles. The van der Waals surface area contributed by atoms with Crippen LogP contribution in [0.5, 0.6) is 11.5 Å². The molecular weight excluding hydrogens is 366 g/mol. The van der Waals surface area contributed by atoms with E-state index in [0.717, 1.165) is 31.4 Å². The Balaban J connectivity index is 0.00000364. The zero-order chi connectivity index (χ0) is 18.8. The summed E-state index contributed by atoms with van der Waals surface area (Å²) in [5.74, 6) is 0.624. The van der Waals surface area contributed by atoms with Crippen LogP contribution in [0.1, 0.15) is 42.5 Å². The van der Waals surface area contributed by atoms with Gasteiger partial charge >= 0.3 is 0 Å². The Morgan fingerprint density at radius 3 is 2.30 bits per heavy atom. The molecule has 7 heteroatoms. The van der Waals surface area contributed by atoms with Gasteiger partial charge in [-0.15, -0.1) is 12.4 Å². The van der Waals surface area contributed by atoms with E-state index in [1.54, 1.807) is 48.5 Å². The minimum Gasteiger partial charge on any atom is -0.457 e. The number of carbonyl (C=O) groups excluding carboxylic acids is 2. The molecule has 2 amide bonds. The number of primary amides is 1. The van der Waals surface area contributed by atoms with Crippen molar-refractivity contribution >= 4 is 29.9 Å². The minimum atomic E-state index is -0.503. The predicted octanol–water partition coefficient (Wildman–Crippen LogP) is 3.85. The SMILES string of the molecule is Cl.NCCCCCCC(=O)Nc1ccc(Oc2cccc(C(N)=O)c2)cc1. The fourth-order valence-corrected chi connectivity index (χ4v) is 2.46. The number of rotatable bonds is 10. The van der Waals surface area contributed by atoms with Gasteiger partial charge in [-0.2, -0.15) is 0 Å². The van der Waals surface area contributed by atoms with Gasteiger partial charge in [0, 0.05) is 17.7 Å². The topological polar surface area (TPSA) is 107 Å². The number of nitrogens with two attached hydrogens (primary N) is 2. The lowest BCUT2D eigenvalue weighted by Crippen LogP contribution is -2.11. The maximum Gasteiger partial charge on any atom is 0.248 e. The van der Waals surface area contributed by atoms with Gasteiger partial charge in [0.05, 0.1) is 0 Å². The smallest absolute Gasteiger partial charge is 0.248 e. The van der Waals surface area contributed by atoms with Crippen LogP contribution in [0.2, 0.25) is 0 Å². The molecule has 5 N–H and O–H groups in total. The van der Waals surface area contributed by atoms with E-state index in [-0.39, 0.29) is 18.3 Å². The number of unbranched alkanes of at least 4 members (excludes halogenated alkanes) is 3. The number of amides is 2. The van der Waals surface area contributed by atoms with Gasteiger partial charge in [-0.05, 0) is 61.9 Å². The number of halogens is 1. The van der Waals surface area contributed by atoms with Crippen molar-refractivity contribution in [2.24, 2.45) is 11.5 Å². The highest BCUT2D eigenvalue weighted by molar-refractivity contribution is 5.93. The van der Waals surface area contributed by atoms with Crippen LogP contribution in [0.3, 0.4) is 0 Å². The summed E-state index contributed by atoms with van der Waals surface area (Å²) in [6, 6.07) is 13.7. The van der Waals surface area contributed by atoms with Crippen LogP contribution in [-0.2, 0) is 4.79 Å². The molecule has 2 aromatic carbocycles. The molecule has 146 valence electrons. The van der Waals surface area contributed by atoms with Crippen molar-refractivity contribution in [2.75, 3.05) is 11.9 Å². The van der Waals surface area contributed by atoms with E-state index in [0.29, 0.717) is 30.0 Å². The second-order valence-electron chi connectivity index (χ2n) is 6.02. The van der Waals surface area contributed by atoms with Gasteiger partial charge in [0.25, 0.3) is 0 Å². The monoisotopic (exact) mass is 391 g/mol. The van der Waals surface area contributed by atoms with Crippen molar-refractivity contribution in [1.82, 2.24) is 0 Å². The van der Waals surface area contributed by atoms with Crippen LogP contribution in [0, 0.1) is 0 Å². The quantitative estimate of drug-likeness (QED) is 0.534. The molecule has 0 aliphatic rings. The number of hydrogen-bond donors (Lipinski definition) is 3. The van der Waals surface area contributed by atoms with Gasteiger partial charge in [0.1, 0.15) is 11.5 Å². The molecule has 2 aromatic rings. The first-order valence-corrected chi connectivity index (χ1v) is 8.76. The van der Waals surface area contributed by atoms with E-state index in [1.807, 2.05) is 0 Å². The number of anilines is 1. The van der Waals surface area contributed by atoms with Gasteiger partial charge in [0.2, 0.25) is 11.8 Å². The van der Waals surface area contributed by atoms with Crippen molar-refractivity contribution in [1.29, 1.82) is 0 Å². The standard InChI is InChI=1S/C20H25N3O3.ClH/c21-13-4-2-1-3-8-19(24)23-16-9-11-17(12-10-16)26-18-7-5-6-15(14-18)20(22)25;/h5-7,9-12,14H,1-4,8,13,21H2,(H2,22,25)(H,23,24);1H. The lowest BCUT2D eigenvalue weighted by Gasteiger charge is -2.09. The maximum atomic E-state index is 11.9. The van der Waals surface area contributed by atoms with Gasteiger partial charge in [-0.1, -0.05) is 18.9 Å². The Labute approximate surface area is 165 Å². The molecule has 6 nitrogen and oxygen atoms in total. The third-order valence-electron chi connectivity index (χ3n) is 3.85. The van der Waals surface area contributed by atoms with E-state index in [1.165, 1.54) is 0 Å². The summed E-state index contributed by atoms with van der Waals surface area (Å²) in [4.78, 5) is 23.1. The lowest BCUT2D eigenvalue weighted by atomic mass is 10.1. The number of hydrogen-bond acceptors (Lipinski definition) is 4. The van der Waals surface area contributed by atoms with E-state index < -0.39 is 5.91 Å². The predicted molar refractivity (Wildman–Crippen MR) is 109 cm³/mol. The molecule has 0 fully saturated rings. The summed E-state index contributed by atoms with van der Waals surface area (Å²) >= 11 is 0. The second-order valence-corrected chi connectivity index (χ2v) is 6.02. The summed E-state index contributed by atoms with van der Waals surface area (Å²) in [5.41, 5.74) is 11.8. The van der Waals surface area contributed by atoms with Crippen LogP contribution < -0.4 is 21.5 Å². The zero-order valence-electron chi connectivity index (χ0n) is 15.1. The zero-order valence-corrected chi connectivity index (χ0v) is 16.0. The van der Waals surface area contributed by atoms with Gasteiger partial charge in [-0.3, -0.25) is 9.59 Å². The molecule has 0 bridgehead atoms. The summed E-state index contributed by atoms with van der Waals surface area (Å²) in [7, 11) is 0. The van der Waals surface area contributed by atoms with Crippen LogP contribution in [-0.4, -0.2) is 18.4 Å². The Kier molecular flexibility index (Phi) is 9.93. The van der Waals surface area contributed by atoms with E-state index >= 15 is 0 Å². The number of nitrogens with one attached hydrogen (secondary N) is 1. The molecule has 0 saturated heterocycles. The molecular formula is C20H26ClN3O3. The lowest BCUT2D eigenvalue weighted by molar-refractivity contribution is -0.116. The van der Waals surface area contributed by atoms with Gasteiger partial charge < -0.3 is 21.5 Å². The molecule has 0 heterocycles. The first kappa shape index (κ1) is 22.5. The van der Waals surface area contributed by atoms with Crippen molar-refractivity contribution in [2.45, 2.75) is 32.1 Å². The highest BCUT2D eigenvalue weighted by Crippen LogP contribution is 2.24. The Hall–Kier alpha value is -2.57. The third kappa shape index (κ3) is 8.11.